The number of hydrogen-bond acceptors (Lipinski definition) is 7. The summed E-state index contributed by atoms with van der Waals surface area (Å²) in [5.74, 6) is 1.10. The molecular formula is C23H20FN7O2. The molecule has 1 aliphatic heterocycles. The minimum Gasteiger partial charge on any atom is -0.492 e. The standard InChI is InChI=1S/C23H20FN7O2/c1-3-30-12-25-19-17(9-26-27-22(19)30)13-4-5-18(24)16(8-13)15-6-7-31-21(14-10-33-11-14)28-29-23(31)20(15)32-2/h4-9,12,14H,3,10-11H2,1-2H3. The van der Waals surface area contributed by atoms with Crippen LogP contribution in [0.3, 0.4) is 0 Å². The largest absolute Gasteiger partial charge is 0.492 e. The molecule has 0 radical (unpaired) electrons. The first-order valence-corrected chi connectivity index (χ1v) is 10.7. The van der Waals surface area contributed by atoms with Crippen molar-refractivity contribution in [3.8, 4) is 28.0 Å². The van der Waals surface area contributed by atoms with Crippen molar-refractivity contribution in [2.45, 2.75) is 19.4 Å². The topological polar surface area (TPSA) is 92.2 Å². The molecule has 4 aromatic heterocycles. The van der Waals surface area contributed by atoms with E-state index in [1.807, 2.05) is 28.2 Å². The molecule has 5 aromatic rings. The van der Waals surface area contributed by atoms with Crippen LogP contribution in [-0.4, -0.2) is 54.7 Å². The molecule has 1 aliphatic rings. The average Bonchev–Trinajstić information content (AvgIpc) is 3.42. The number of halogens is 1. The predicted molar refractivity (Wildman–Crippen MR) is 118 cm³/mol. The van der Waals surface area contributed by atoms with Crippen molar-refractivity contribution >= 4 is 16.8 Å². The van der Waals surface area contributed by atoms with Gasteiger partial charge >= 0.3 is 0 Å². The second-order valence-electron chi connectivity index (χ2n) is 7.90. The molecule has 0 amide bonds. The molecule has 1 fully saturated rings. The number of pyridine rings is 1. The maximum atomic E-state index is 15.1. The fraction of sp³-hybridized carbons (Fsp3) is 0.261. The van der Waals surface area contributed by atoms with Crippen LogP contribution >= 0.6 is 0 Å². The van der Waals surface area contributed by atoms with Gasteiger partial charge in [0.1, 0.15) is 17.2 Å². The van der Waals surface area contributed by atoms with E-state index in [-0.39, 0.29) is 11.7 Å². The quantitative estimate of drug-likeness (QED) is 0.409. The molecule has 0 spiro atoms. The number of fused-ring (bicyclic) bond motifs is 2. The van der Waals surface area contributed by atoms with Crippen molar-refractivity contribution in [2.75, 3.05) is 20.3 Å². The molecule has 1 saturated heterocycles. The van der Waals surface area contributed by atoms with E-state index in [9.17, 15) is 0 Å². The van der Waals surface area contributed by atoms with E-state index < -0.39 is 0 Å². The number of aryl methyl sites for hydroxylation is 1. The first kappa shape index (κ1) is 19.7. The number of methoxy groups -OCH3 is 1. The van der Waals surface area contributed by atoms with Crippen LogP contribution < -0.4 is 4.74 Å². The average molecular weight is 445 g/mol. The van der Waals surface area contributed by atoms with Crippen LogP contribution in [0.1, 0.15) is 18.7 Å². The highest BCUT2D eigenvalue weighted by molar-refractivity contribution is 5.91. The summed E-state index contributed by atoms with van der Waals surface area (Å²) in [4.78, 5) is 4.51. The summed E-state index contributed by atoms with van der Waals surface area (Å²) in [5.41, 5.74) is 4.49. The first-order chi connectivity index (χ1) is 16.2. The fourth-order valence-corrected chi connectivity index (χ4v) is 4.24. The van der Waals surface area contributed by atoms with E-state index >= 15 is 4.39 Å². The lowest BCUT2D eigenvalue weighted by Crippen LogP contribution is -2.27. The molecule has 33 heavy (non-hydrogen) atoms. The molecule has 0 saturated carbocycles. The minimum absolute atomic E-state index is 0.195. The molecule has 0 unspecified atom stereocenters. The number of nitrogens with zero attached hydrogens (tertiary/aromatic N) is 7. The smallest absolute Gasteiger partial charge is 0.203 e. The summed E-state index contributed by atoms with van der Waals surface area (Å²) in [7, 11) is 1.55. The lowest BCUT2D eigenvalue weighted by atomic mass is 9.99. The van der Waals surface area contributed by atoms with Gasteiger partial charge in [0.05, 0.1) is 38.8 Å². The van der Waals surface area contributed by atoms with E-state index in [0.29, 0.717) is 41.4 Å². The van der Waals surface area contributed by atoms with Crippen LogP contribution in [0.2, 0.25) is 0 Å². The van der Waals surface area contributed by atoms with Crippen LogP contribution in [0.4, 0.5) is 4.39 Å². The van der Waals surface area contributed by atoms with Crippen LogP contribution in [-0.2, 0) is 11.3 Å². The van der Waals surface area contributed by atoms with Crippen molar-refractivity contribution in [3.05, 3.63) is 54.6 Å². The summed E-state index contributed by atoms with van der Waals surface area (Å²) >= 11 is 0. The predicted octanol–water partition coefficient (Wildman–Crippen LogP) is 3.48. The van der Waals surface area contributed by atoms with Gasteiger partial charge in [-0.2, -0.15) is 5.10 Å². The zero-order chi connectivity index (χ0) is 22.5. The van der Waals surface area contributed by atoms with Crippen molar-refractivity contribution in [3.63, 3.8) is 0 Å². The SMILES string of the molecule is CCn1cnc2c(-c3ccc(F)c(-c4ccn5c(C6COC6)nnc5c4OC)c3)cnnc21. The molecular weight excluding hydrogens is 425 g/mol. The Bertz CT molecular complexity index is 1510. The van der Waals surface area contributed by atoms with Gasteiger partial charge in [-0.3, -0.25) is 4.40 Å². The molecule has 0 aliphatic carbocycles. The summed E-state index contributed by atoms with van der Waals surface area (Å²) < 4.78 is 29.9. The Labute approximate surface area is 187 Å². The number of benzene rings is 1. The van der Waals surface area contributed by atoms with Gasteiger partial charge in [0.25, 0.3) is 0 Å². The summed E-state index contributed by atoms with van der Waals surface area (Å²) in [6.07, 6.45) is 5.24. The molecule has 0 N–H and O–H groups in total. The Morgan fingerprint density at radius 3 is 2.73 bits per heavy atom. The molecule has 10 heteroatoms. The Morgan fingerprint density at radius 2 is 1.97 bits per heavy atom. The highest BCUT2D eigenvalue weighted by Gasteiger charge is 2.27. The second kappa shape index (κ2) is 7.59. The molecule has 6 rings (SSSR count). The summed E-state index contributed by atoms with van der Waals surface area (Å²) in [6, 6.07) is 6.77. The second-order valence-corrected chi connectivity index (χ2v) is 7.90. The molecule has 0 bridgehead atoms. The molecule has 1 aromatic carbocycles. The molecule has 9 nitrogen and oxygen atoms in total. The van der Waals surface area contributed by atoms with Gasteiger partial charge in [0.15, 0.2) is 11.4 Å². The molecule has 0 atom stereocenters. The van der Waals surface area contributed by atoms with Crippen LogP contribution in [0, 0.1) is 5.82 Å². The van der Waals surface area contributed by atoms with E-state index in [0.717, 1.165) is 29.0 Å². The lowest BCUT2D eigenvalue weighted by molar-refractivity contribution is 0.00445. The van der Waals surface area contributed by atoms with Gasteiger partial charge in [-0.1, -0.05) is 6.07 Å². The number of ether oxygens (including phenoxy) is 2. The van der Waals surface area contributed by atoms with E-state index in [1.54, 1.807) is 31.8 Å². The number of hydrogen-bond donors (Lipinski definition) is 0. The van der Waals surface area contributed by atoms with Gasteiger partial charge < -0.3 is 14.0 Å². The maximum absolute atomic E-state index is 15.1. The van der Waals surface area contributed by atoms with Gasteiger partial charge in [0.2, 0.25) is 5.65 Å². The Kier molecular flexibility index (Phi) is 4.54. The first-order valence-electron chi connectivity index (χ1n) is 10.7. The highest BCUT2D eigenvalue weighted by atomic mass is 19.1. The van der Waals surface area contributed by atoms with Gasteiger partial charge in [-0.15, -0.1) is 15.3 Å². The number of imidazole rings is 1. The highest BCUT2D eigenvalue weighted by Crippen LogP contribution is 2.38. The minimum atomic E-state index is -0.370. The summed E-state index contributed by atoms with van der Waals surface area (Å²) in [5, 5.41) is 17.0. The Balaban J connectivity index is 1.51. The van der Waals surface area contributed by atoms with Gasteiger partial charge in [-0.05, 0) is 30.7 Å². The van der Waals surface area contributed by atoms with E-state index in [2.05, 4.69) is 25.4 Å². The van der Waals surface area contributed by atoms with E-state index in [1.165, 1.54) is 6.07 Å². The van der Waals surface area contributed by atoms with Gasteiger partial charge in [-0.25, -0.2) is 9.37 Å². The molecule has 166 valence electrons. The third-order valence-corrected chi connectivity index (χ3v) is 6.08. The molecule has 5 heterocycles. The van der Waals surface area contributed by atoms with Crippen molar-refractivity contribution in [1.82, 2.24) is 34.3 Å². The fourth-order valence-electron chi connectivity index (χ4n) is 4.24. The Morgan fingerprint density at radius 1 is 1.09 bits per heavy atom. The number of aromatic nitrogens is 7. The van der Waals surface area contributed by atoms with Crippen molar-refractivity contribution < 1.29 is 13.9 Å². The summed E-state index contributed by atoms with van der Waals surface area (Å²) in [6.45, 7) is 3.98. The zero-order valence-electron chi connectivity index (χ0n) is 18.1. The van der Waals surface area contributed by atoms with Crippen molar-refractivity contribution in [2.24, 2.45) is 0 Å². The zero-order valence-corrected chi connectivity index (χ0v) is 18.1. The van der Waals surface area contributed by atoms with E-state index in [4.69, 9.17) is 9.47 Å². The van der Waals surface area contributed by atoms with Gasteiger partial charge in [0, 0.05) is 29.4 Å². The maximum Gasteiger partial charge on any atom is 0.203 e. The van der Waals surface area contributed by atoms with Crippen LogP contribution in [0.25, 0.3) is 39.1 Å². The van der Waals surface area contributed by atoms with Crippen molar-refractivity contribution in [1.29, 1.82) is 0 Å². The van der Waals surface area contributed by atoms with Crippen LogP contribution in [0.15, 0.2) is 43.0 Å². The van der Waals surface area contributed by atoms with Crippen LogP contribution in [0.5, 0.6) is 5.75 Å². The Hall–Kier alpha value is -3.92. The lowest BCUT2D eigenvalue weighted by Gasteiger charge is -2.24. The third-order valence-electron chi connectivity index (χ3n) is 6.08. The normalized spacial score (nSPS) is 14.2. The number of rotatable bonds is 5. The third kappa shape index (κ3) is 2.98. The monoisotopic (exact) mass is 445 g/mol.